The molecule has 124 valence electrons. The maximum atomic E-state index is 12.6. The van der Waals surface area contributed by atoms with E-state index >= 15 is 0 Å². The van der Waals surface area contributed by atoms with Crippen LogP contribution in [0.15, 0.2) is 33.6 Å². The van der Waals surface area contributed by atoms with Gasteiger partial charge >= 0.3 is 0 Å². The number of nitrogens with zero attached hydrogens (tertiary/aromatic N) is 3. The highest BCUT2D eigenvalue weighted by molar-refractivity contribution is 7.89. The molecule has 0 bridgehead atoms. The summed E-state index contributed by atoms with van der Waals surface area (Å²) < 4.78 is 32.2. The Balaban J connectivity index is 1.62. The molecule has 0 radical (unpaired) electrons. The van der Waals surface area contributed by atoms with E-state index in [-0.39, 0.29) is 0 Å². The van der Waals surface area contributed by atoms with Crippen LogP contribution in [-0.2, 0) is 16.6 Å². The Kier molecular flexibility index (Phi) is 4.47. The normalized spacial score (nSPS) is 17.5. The zero-order chi connectivity index (χ0) is 16.4. The summed E-state index contributed by atoms with van der Waals surface area (Å²) in [6.07, 6.45) is 0. The molecule has 0 atom stereocenters. The lowest BCUT2D eigenvalue weighted by Gasteiger charge is -2.30. The Morgan fingerprint density at radius 1 is 1.13 bits per heavy atom. The fraction of sp³-hybridized carbons (Fsp3) is 0.467. The Morgan fingerprint density at radius 3 is 2.35 bits per heavy atom. The average molecular weight is 337 g/mol. The van der Waals surface area contributed by atoms with Crippen molar-refractivity contribution in [1.82, 2.24) is 14.5 Å². The summed E-state index contributed by atoms with van der Waals surface area (Å²) in [4.78, 5) is 1.61. The molecule has 7 nitrogen and oxygen atoms in total. The van der Waals surface area contributed by atoms with Gasteiger partial charge in [-0.05, 0) is 19.1 Å². The first-order valence-electron chi connectivity index (χ1n) is 7.64. The lowest BCUT2D eigenvalue weighted by Crippen LogP contribution is -3.13. The van der Waals surface area contributed by atoms with E-state index in [4.69, 9.17) is 4.42 Å². The minimum absolute atomic E-state index is 0.360. The minimum atomic E-state index is -3.40. The first kappa shape index (κ1) is 16.1. The summed E-state index contributed by atoms with van der Waals surface area (Å²) in [6, 6.07) is 6.99. The number of aromatic nitrogens is 2. The third-order valence-electron chi connectivity index (χ3n) is 4.06. The number of aryl methyl sites for hydroxylation is 2. The van der Waals surface area contributed by atoms with Gasteiger partial charge < -0.3 is 9.32 Å². The minimum Gasteiger partial charge on any atom is -0.420 e. The average Bonchev–Trinajstić information content (AvgIpc) is 2.93. The Morgan fingerprint density at radius 2 is 1.78 bits per heavy atom. The molecule has 1 aromatic heterocycles. The number of rotatable bonds is 4. The quantitative estimate of drug-likeness (QED) is 0.834. The van der Waals surface area contributed by atoms with Crippen molar-refractivity contribution < 1.29 is 17.7 Å². The van der Waals surface area contributed by atoms with Crippen LogP contribution in [0, 0.1) is 13.8 Å². The Labute approximate surface area is 136 Å². The molecule has 0 unspecified atom stereocenters. The van der Waals surface area contributed by atoms with Gasteiger partial charge in [0.1, 0.15) is 0 Å². The van der Waals surface area contributed by atoms with Gasteiger partial charge in [0.05, 0.1) is 31.1 Å². The molecule has 23 heavy (non-hydrogen) atoms. The van der Waals surface area contributed by atoms with Crippen molar-refractivity contribution in [1.29, 1.82) is 0 Å². The molecular weight excluding hydrogens is 316 g/mol. The van der Waals surface area contributed by atoms with Crippen LogP contribution in [-0.4, -0.2) is 49.1 Å². The standard InChI is InChI=1S/C15H20N4O3S/c1-12-3-5-14(6-4-12)23(20,21)19-9-7-18(8-10-19)11-15-17-16-13(2)22-15/h3-6H,7-11H2,1-2H3/p+1. The third kappa shape index (κ3) is 3.60. The molecule has 0 aliphatic carbocycles. The molecule has 1 N–H and O–H groups in total. The molecule has 3 rings (SSSR count). The molecule has 1 fully saturated rings. The van der Waals surface area contributed by atoms with Crippen molar-refractivity contribution in [2.24, 2.45) is 0 Å². The smallest absolute Gasteiger partial charge is 0.271 e. The van der Waals surface area contributed by atoms with E-state index in [1.807, 2.05) is 19.1 Å². The van der Waals surface area contributed by atoms with Gasteiger partial charge in [-0.15, -0.1) is 10.2 Å². The second-order valence-electron chi connectivity index (χ2n) is 5.86. The molecule has 2 aromatic rings. The summed E-state index contributed by atoms with van der Waals surface area (Å²) in [6.45, 7) is 6.80. The molecule has 0 spiro atoms. The summed E-state index contributed by atoms with van der Waals surface area (Å²) >= 11 is 0. The summed E-state index contributed by atoms with van der Waals surface area (Å²) in [7, 11) is -3.40. The zero-order valence-corrected chi connectivity index (χ0v) is 14.1. The summed E-state index contributed by atoms with van der Waals surface area (Å²) in [5, 5.41) is 7.81. The van der Waals surface area contributed by atoms with Crippen LogP contribution in [0.5, 0.6) is 0 Å². The third-order valence-corrected chi connectivity index (χ3v) is 5.97. The SMILES string of the molecule is Cc1ccc(S(=O)(=O)N2CC[NH+](Cc3nnc(C)o3)CC2)cc1. The maximum Gasteiger partial charge on any atom is 0.271 e. The highest BCUT2D eigenvalue weighted by Gasteiger charge is 2.30. The van der Waals surface area contributed by atoms with E-state index in [0.717, 1.165) is 18.7 Å². The number of sulfonamides is 1. The van der Waals surface area contributed by atoms with Crippen molar-refractivity contribution in [3.8, 4) is 0 Å². The topological polar surface area (TPSA) is 80.7 Å². The second-order valence-corrected chi connectivity index (χ2v) is 7.80. The predicted octanol–water partition coefficient (Wildman–Crippen LogP) is -0.224. The predicted molar refractivity (Wildman–Crippen MR) is 83.4 cm³/mol. The van der Waals surface area contributed by atoms with Gasteiger partial charge in [0.15, 0.2) is 6.54 Å². The fourth-order valence-corrected chi connectivity index (χ4v) is 4.14. The van der Waals surface area contributed by atoms with Gasteiger partial charge in [0, 0.05) is 6.92 Å². The van der Waals surface area contributed by atoms with Gasteiger partial charge in [0.2, 0.25) is 15.9 Å². The van der Waals surface area contributed by atoms with E-state index < -0.39 is 10.0 Å². The molecule has 1 aliphatic heterocycles. The van der Waals surface area contributed by atoms with Crippen molar-refractivity contribution in [3.63, 3.8) is 0 Å². The van der Waals surface area contributed by atoms with Crippen LogP contribution in [0.25, 0.3) is 0 Å². The van der Waals surface area contributed by atoms with E-state index in [9.17, 15) is 8.42 Å². The van der Waals surface area contributed by atoms with Crippen LogP contribution in [0.4, 0.5) is 0 Å². The van der Waals surface area contributed by atoms with Crippen LogP contribution >= 0.6 is 0 Å². The number of hydrogen-bond donors (Lipinski definition) is 1. The lowest BCUT2D eigenvalue weighted by atomic mass is 10.2. The van der Waals surface area contributed by atoms with Gasteiger partial charge in [0.25, 0.3) is 5.89 Å². The molecule has 8 heteroatoms. The van der Waals surface area contributed by atoms with E-state index in [2.05, 4.69) is 10.2 Å². The Bertz CT molecular complexity index is 762. The van der Waals surface area contributed by atoms with Crippen molar-refractivity contribution in [3.05, 3.63) is 41.6 Å². The molecule has 1 aromatic carbocycles. The first-order chi connectivity index (χ1) is 10.9. The molecule has 1 aliphatic rings. The number of nitrogens with one attached hydrogen (secondary N) is 1. The summed E-state index contributed by atoms with van der Waals surface area (Å²) in [5.74, 6) is 1.16. The monoisotopic (exact) mass is 337 g/mol. The molecule has 0 saturated carbocycles. The van der Waals surface area contributed by atoms with Crippen molar-refractivity contribution in [2.75, 3.05) is 26.2 Å². The van der Waals surface area contributed by atoms with Gasteiger partial charge in [-0.2, -0.15) is 4.31 Å². The van der Waals surface area contributed by atoms with E-state index in [0.29, 0.717) is 36.3 Å². The van der Waals surface area contributed by atoms with Crippen LogP contribution in [0.3, 0.4) is 0 Å². The fourth-order valence-electron chi connectivity index (χ4n) is 2.70. The van der Waals surface area contributed by atoms with Crippen molar-refractivity contribution >= 4 is 10.0 Å². The highest BCUT2D eigenvalue weighted by Crippen LogP contribution is 2.16. The number of hydrogen-bond acceptors (Lipinski definition) is 5. The molecule has 1 saturated heterocycles. The van der Waals surface area contributed by atoms with Gasteiger partial charge in [-0.3, -0.25) is 0 Å². The van der Waals surface area contributed by atoms with E-state index in [1.165, 1.54) is 4.90 Å². The number of piperazine rings is 1. The van der Waals surface area contributed by atoms with Gasteiger partial charge in [-0.25, -0.2) is 8.42 Å². The highest BCUT2D eigenvalue weighted by atomic mass is 32.2. The molecule has 2 heterocycles. The number of benzene rings is 1. The van der Waals surface area contributed by atoms with Crippen LogP contribution in [0.2, 0.25) is 0 Å². The second kappa shape index (κ2) is 6.38. The molecular formula is C15H21N4O3S+. The Hall–Kier alpha value is -1.77. The largest absolute Gasteiger partial charge is 0.420 e. The van der Waals surface area contributed by atoms with Gasteiger partial charge in [-0.1, -0.05) is 17.7 Å². The zero-order valence-electron chi connectivity index (χ0n) is 13.3. The first-order valence-corrected chi connectivity index (χ1v) is 9.08. The van der Waals surface area contributed by atoms with Crippen molar-refractivity contribution in [2.45, 2.75) is 25.3 Å². The summed E-state index contributed by atoms with van der Waals surface area (Å²) in [5.41, 5.74) is 1.05. The lowest BCUT2D eigenvalue weighted by molar-refractivity contribution is -0.918. The van der Waals surface area contributed by atoms with Crippen LogP contribution < -0.4 is 4.90 Å². The maximum absolute atomic E-state index is 12.6. The number of quaternary nitrogens is 1. The molecule has 0 amide bonds. The van der Waals surface area contributed by atoms with Crippen LogP contribution in [0.1, 0.15) is 17.3 Å². The van der Waals surface area contributed by atoms with E-state index in [1.54, 1.807) is 23.4 Å².